The molecule has 0 fully saturated rings. The highest BCUT2D eigenvalue weighted by atomic mass is 32.2. The standard InChI is InChI=1S/C12H13NO5S4/c1-18-22(16,17)8-9-6-7-12(19-9)20-10-4-3-5-11(13-10)21(2,14)15/h3-7H,8H2,1-2H3. The fourth-order valence-electron chi connectivity index (χ4n) is 1.49. The minimum absolute atomic E-state index is 0.0104. The van der Waals surface area contributed by atoms with Crippen LogP contribution in [0.3, 0.4) is 0 Å². The Morgan fingerprint density at radius 3 is 2.55 bits per heavy atom. The molecule has 0 radical (unpaired) electrons. The van der Waals surface area contributed by atoms with Crippen LogP contribution in [0.5, 0.6) is 0 Å². The van der Waals surface area contributed by atoms with E-state index in [0.29, 0.717) is 9.90 Å². The van der Waals surface area contributed by atoms with Crippen LogP contribution in [0.25, 0.3) is 0 Å². The highest BCUT2D eigenvalue weighted by Crippen LogP contribution is 2.33. The predicted octanol–water partition coefficient (Wildman–Crippen LogP) is 2.17. The first-order chi connectivity index (χ1) is 10.2. The molecule has 0 atom stereocenters. The van der Waals surface area contributed by atoms with Crippen molar-refractivity contribution < 1.29 is 21.0 Å². The zero-order chi connectivity index (χ0) is 16.4. The van der Waals surface area contributed by atoms with Crippen LogP contribution in [0.4, 0.5) is 0 Å². The van der Waals surface area contributed by atoms with Crippen molar-refractivity contribution in [3.63, 3.8) is 0 Å². The maximum atomic E-state index is 11.5. The number of rotatable bonds is 6. The summed E-state index contributed by atoms with van der Waals surface area (Å²) < 4.78 is 51.0. The van der Waals surface area contributed by atoms with E-state index in [0.717, 1.165) is 17.6 Å². The summed E-state index contributed by atoms with van der Waals surface area (Å²) in [5.41, 5.74) is 0. The van der Waals surface area contributed by atoms with Crippen LogP contribution in [0.15, 0.2) is 44.6 Å². The van der Waals surface area contributed by atoms with Crippen molar-refractivity contribution >= 4 is 43.1 Å². The van der Waals surface area contributed by atoms with E-state index in [1.165, 1.54) is 29.2 Å². The number of thiophene rings is 1. The van der Waals surface area contributed by atoms with Gasteiger partial charge in [0.1, 0.15) is 10.8 Å². The summed E-state index contributed by atoms with van der Waals surface area (Å²) in [4.78, 5) is 4.72. The molecular formula is C12H13NO5S4. The van der Waals surface area contributed by atoms with Crippen LogP contribution in [0, 0.1) is 0 Å². The second-order valence-electron chi connectivity index (χ2n) is 4.28. The number of nitrogens with zero attached hydrogens (tertiary/aromatic N) is 1. The van der Waals surface area contributed by atoms with Gasteiger partial charge < -0.3 is 0 Å². The van der Waals surface area contributed by atoms with Gasteiger partial charge in [0.25, 0.3) is 10.1 Å². The van der Waals surface area contributed by atoms with Gasteiger partial charge in [0, 0.05) is 11.1 Å². The van der Waals surface area contributed by atoms with Gasteiger partial charge >= 0.3 is 0 Å². The summed E-state index contributed by atoms with van der Waals surface area (Å²) >= 11 is 2.58. The van der Waals surface area contributed by atoms with Gasteiger partial charge in [0.05, 0.1) is 11.3 Å². The lowest BCUT2D eigenvalue weighted by molar-refractivity contribution is 0.397. The second kappa shape index (κ2) is 6.67. The number of sulfone groups is 1. The van der Waals surface area contributed by atoms with Gasteiger partial charge in [-0.2, -0.15) is 8.42 Å². The van der Waals surface area contributed by atoms with Crippen LogP contribution in [0.2, 0.25) is 0 Å². The first kappa shape index (κ1) is 17.4. The third-order valence-electron chi connectivity index (χ3n) is 2.49. The lowest BCUT2D eigenvalue weighted by Crippen LogP contribution is -2.04. The van der Waals surface area contributed by atoms with E-state index in [1.807, 2.05) is 0 Å². The maximum Gasteiger partial charge on any atom is 0.272 e. The molecule has 0 aliphatic rings. The molecule has 0 saturated heterocycles. The summed E-state index contributed by atoms with van der Waals surface area (Å²) in [5, 5.41) is 0.544. The summed E-state index contributed by atoms with van der Waals surface area (Å²) in [6.07, 6.45) is 1.10. The summed E-state index contributed by atoms with van der Waals surface area (Å²) in [7, 11) is -5.78. The highest BCUT2D eigenvalue weighted by Gasteiger charge is 2.14. The van der Waals surface area contributed by atoms with Crippen molar-refractivity contribution in [1.82, 2.24) is 4.98 Å². The van der Waals surface area contributed by atoms with Crippen molar-refractivity contribution in [2.75, 3.05) is 13.4 Å². The molecule has 0 unspecified atom stereocenters. The normalized spacial score (nSPS) is 12.5. The Morgan fingerprint density at radius 1 is 1.18 bits per heavy atom. The molecule has 0 aromatic carbocycles. The smallest absolute Gasteiger partial charge is 0.272 e. The first-order valence-electron chi connectivity index (χ1n) is 5.91. The van der Waals surface area contributed by atoms with Crippen LogP contribution >= 0.6 is 23.1 Å². The predicted molar refractivity (Wildman–Crippen MR) is 85.4 cm³/mol. The quantitative estimate of drug-likeness (QED) is 0.710. The number of hydrogen-bond donors (Lipinski definition) is 0. The Kier molecular flexibility index (Phi) is 5.28. The average Bonchev–Trinajstić information content (AvgIpc) is 2.84. The van der Waals surface area contributed by atoms with Gasteiger partial charge in [0.2, 0.25) is 0 Å². The van der Waals surface area contributed by atoms with E-state index in [9.17, 15) is 16.8 Å². The zero-order valence-corrected chi connectivity index (χ0v) is 15.0. The minimum atomic E-state index is -3.55. The Hall–Kier alpha value is -0.940. The largest absolute Gasteiger partial charge is 0.273 e. The zero-order valence-electron chi connectivity index (χ0n) is 11.7. The van der Waals surface area contributed by atoms with Gasteiger partial charge in [-0.05, 0) is 24.3 Å². The Bertz CT molecular complexity index is 870. The van der Waals surface area contributed by atoms with Gasteiger partial charge in [-0.15, -0.1) is 11.3 Å². The van der Waals surface area contributed by atoms with E-state index in [-0.39, 0.29) is 10.8 Å². The van der Waals surface area contributed by atoms with Crippen LogP contribution in [0.1, 0.15) is 4.88 Å². The molecule has 2 aromatic heterocycles. The number of hydrogen-bond acceptors (Lipinski definition) is 8. The Labute approximate surface area is 137 Å². The molecule has 6 nitrogen and oxygen atoms in total. The summed E-state index contributed by atoms with van der Waals surface area (Å²) in [6.45, 7) is 0. The molecule has 2 rings (SSSR count). The van der Waals surface area contributed by atoms with Crippen molar-refractivity contribution in [2.45, 2.75) is 20.0 Å². The third-order valence-corrected chi connectivity index (χ3v) is 6.99. The topological polar surface area (TPSA) is 90.4 Å². The molecule has 120 valence electrons. The molecule has 0 spiro atoms. The average molecular weight is 380 g/mol. The molecule has 0 saturated carbocycles. The Morgan fingerprint density at radius 2 is 1.91 bits per heavy atom. The van der Waals surface area contributed by atoms with Crippen molar-refractivity contribution in [3.05, 3.63) is 35.2 Å². The molecular weight excluding hydrogens is 366 g/mol. The molecule has 22 heavy (non-hydrogen) atoms. The van der Waals surface area contributed by atoms with Crippen molar-refractivity contribution in [3.8, 4) is 0 Å². The fourth-order valence-corrected chi connectivity index (χ4v) is 5.27. The van der Waals surface area contributed by atoms with Crippen LogP contribution < -0.4 is 0 Å². The molecule has 2 heterocycles. The summed E-state index contributed by atoms with van der Waals surface area (Å²) in [6, 6.07) is 8.22. The second-order valence-corrected chi connectivity index (χ2v) is 10.5. The van der Waals surface area contributed by atoms with E-state index >= 15 is 0 Å². The lowest BCUT2D eigenvalue weighted by atomic mass is 10.5. The lowest BCUT2D eigenvalue weighted by Gasteiger charge is -2.01. The molecule has 10 heteroatoms. The first-order valence-corrected chi connectivity index (χ1v) is 11.0. The van der Waals surface area contributed by atoms with Gasteiger partial charge in [-0.25, -0.2) is 13.4 Å². The van der Waals surface area contributed by atoms with E-state index in [1.54, 1.807) is 24.3 Å². The Balaban J connectivity index is 2.17. The number of aromatic nitrogens is 1. The maximum absolute atomic E-state index is 11.5. The third kappa shape index (κ3) is 4.78. The van der Waals surface area contributed by atoms with E-state index in [2.05, 4.69) is 9.17 Å². The SMILES string of the molecule is COS(=O)(=O)Cc1ccc(Sc2cccc(S(C)(=O)=O)n2)s1. The van der Waals surface area contributed by atoms with Gasteiger partial charge in [0.15, 0.2) is 14.9 Å². The monoisotopic (exact) mass is 379 g/mol. The van der Waals surface area contributed by atoms with Crippen molar-refractivity contribution in [2.24, 2.45) is 0 Å². The fraction of sp³-hybridized carbons (Fsp3) is 0.250. The molecule has 0 N–H and O–H groups in total. The van der Waals surface area contributed by atoms with E-state index in [4.69, 9.17) is 0 Å². The minimum Gasteiger partial charge on any atom is -0.273 e. The molecule has 0 bridgehead atoms. The highest BCUT2D eigenvalue weighted by molar-refractivity contribution is 8.01. The summed E-state index contributed by atoms with van der Waals surface area (Å²) in [5.74, 6) is -0.189. The molecule has 0 aliphatic heterocycles. The molecule has 0 aliphatic carbocycles. The van der Waals surface area contributed by atoms with E-state index < -0.39 is 20.0 Å². The van der Waals surface area contributed by atoms with Crippen LogP contribution in [-0.4, -0.2) is 35.2 Å². The van der Waals surface area contributed by atoms with Gasteiger partial charge in [-0.1, -0.05) is 17.8 Å². The van der Waals surface area contributed by atoms with Crippen molar-refractivity contribution in [1.29, 1.82) is 0 Å². The van der Waals surface area contributed by atoms with Crippen LogP contribution in [-0.2, 0) is 29.9 Å². The van der Waals surface area contributed by atoms with Gasteiger partial charge in [-0.3, -0.25) is 4.18 Å². The molecule has 2 aromatic rings. The molecule has 0 amide bonds. The number of pyridine rings is 1.